The fourth-order valence-electron chi connectivity index (χ4n) is 3.53. The van der Waals surface area contributed by atoms with Gasteiger partial charge in [0.1, 0.15) is 23.9 Å². The quantitative estimate of drug-likeness (QED) is 0.485. The van der Waals surface area contributed by atoms with Crippen molar-refractivity contribution in [1.29, 1.82) is 0 Å². The summed E-state index contributed by atoms with van der Waals surface area (Å²) < 4.78 is 45.5. The maximum absolute atomic E-state index is 14.8. The molecule has 13 heteroatoms. The van der Waals surface area contributed by atoms with E-state index >= 15 is 0 Å². The fraction of sp³-hybridized carbons (Fsp3) is 0.273. The Morgan fingerprint density at radius 2 is 1.89 bits per heavy atom. The second-order valence-electron chi connectivity index (χ2n) is 7.70. The van der Waals surface area contributed by atoms with Crippen LogP contribution in [0.4, 0.5) is 8.78 Å². The van der Waals surface area contributed by atoms with E-state index in [-0.39, 0.29) is 48.1 Å². The van der Waals surface area contributed by atoms with Gasteiger partial charge in [0.25, 0.3) is 11.5 Å². The van der Waals surface area contributed by atoms with Crippen molar-refractivity contribution in [1.82, 2.24) is 9.55 Å². The van der Waals surface area contributed by atoms with Gasteiger partial charge >= 0.3 is 0 Å². The first-order valence-electron chi connectivity index (χ1n) is 10.3. The van der Waals surface area contributed by atoms with E-state index in [0.29, 0.717) is 5.56 Å². The molecule has 0 radical (unpaired) electrons. The summed E-state index contributed by atoms with van der Waals surface area (Å²) in [6.45, 7) is -0.603. The summed E-state index contributed by atoms with van der Waals surface area (Å²) in [6, 6.07) is 5.99. The molecule has 0 aliphatic carbocycles. The van der Waals surface area contributed by atoms with Gasteiger partial charge in [-0.15, -0.1) is 0 Å². The SMILES string of the molecule is NC(=O)c1nc2ccc(F)c(OCC3COC(C(N)=O)CO3)c2c(=O)n1Cc1ccc(F)c(Cl)c1. The van der Waals surface area contributed by atoms with Gasteiger partial charge in [-0.25, -0.2) is 13.8 Å². The van der Waals surface area contributed by atoms with Gasteiger partial charge in [0.15, 0.2) is 17.7 Å². The zero-order chi connectivity index (χ0) is 25.3. The number of fused-ring (bicyclic) bond motifs is 1. The van der Waals surface area contributed by atoms with Crippen LogP contribution in [0.3, 0.4) is 0 Å². The summed E-state index contributed by atoms with van der Waals surface area (Å²) in [4.78, 5) is 40.7. The molecule has 1 aliphatic heterocycles. The highest BCUT2D eigenvalue weighted by atomic mass is 35.5. The average Bonchev–Trinajstić information content (AvgIpc) is 2.82. The zero-order valence-corrected chi connectivity index (χ0v) is 18.8. The fourth-order valence-corrected chi connectivity index (χ4v) is 3.73. The van der Waals surface area contributed by atoms with Crippen molar-refractivity contribution in [2.75, 3.05) is 19.8 Å². The number of amides is 2. The molecule has 0 bridgehead atoms. The molecule has 2 amide bonds. The van der Waals surface area contributed by atoms with Crippen LogP contribution in [0.25, 0.3) is 10.9 Å². The molecule has 1 aromatic heterocycles. The van der Waals surface area contributed by atoms with Crippen LogP contribution in [0.2, 0.25) is 5.02 Å². The van der Waals surface area contributed by atoms with Gasteiger partial charge in [-0.3, -0.25) is 19.0 Å². The number of hydrogen-bond acceptors (Lipinski definition) is 7. The van der Waals surface area contributed by atoms with Gasteiger partial charge in [0, 0.05) is 0 Å². The minimum atomic E-state index is -0.999. The first-order chi connectivity index (χ1) is 16.7. The highest BCUT2D eigenvalue weighted by Crippen LogP contribution is 2.27. The number of carbonyl (C=O) groups is 2. The Morgan fingerprint density at radius 1 is 1.14 bits per heavy atom. The molecule has 3 aromatic rings. The van der Waals surface area contributed by atoms with Crippen molar-refractivity contribution in [3.63, 3.8) is 0 Å². The molecule has 1 aliphatic rings. The van der Waals surface area contributed by atoms with Crippen molar-refractivity contribution >= 4 is 34.3 Å². The van der Waals surface area contributed by atoms with Gasteiger partial charge in [-0.05, 0) is 29.8 Å². The maximum Gasteiger partial charge on any atom is 0.284 e. The number of nitrogens with zero attached hydrogens (tertiary/aromatic N) is 2. The lowest BCUT2D eigenvalue weighted by atomic mass is 10.2. The standard InChI is InChI=1S/C22H19ClF2N4O6/c23-12-5-10(1-2-13(12)24)6-29-21(20(27)31)28-15-4-3-14(25)18(17(15)22(29)32)35-8-11-7-34-16(9-33-11)19(26)30/h1-5,11,16H,6-9H2,(H2,26,30)(H2,27,31). The Hall–Kier alpha value is -3.61. The monoisotopic (exact) mass is 508 g/mol. The number of ether oxygens (including phenoxy) is 3. The summed E-state index contributed by atoms with van der Waals surface area (Å²) in [7, 11) is 0. The second kappa shape index (κ2) is 9.94. The third-order valence-electron chi connectivity index (χ3n) is 5.27. The lowest BCUT2D eigenvalue weighted by molar-refractivity contribution is -0.161. The van der Waals surface area contributed by atoms with E-state index in [1.807, 2.05) is 0 Å². The molecule has 4 N–H and O–H groups in total. The minimum Gasteiger partial charge on any atom is -0.487 e. The number of aromatic nitrogens is 2. The van der Waals surface area contributed by atoms with Gasteiger partial charge in [-0.1, -0.05) is 17.7 Å². The number of nitrogens with two attached hydrogens (primary N) is 2. The van der Waals surface area contributed by atoms with Gasteiger partial charge in [0.05, 0.1) is 30.3 Å². The van der Waals surface area contributed by atoms with Crippen molar-refractivity contribution in [2.24, 2.45) is 11.5 Å². The van der Waals surface area contributed by atoms with Crippen LogP contribution in [0.1, 0.15) is 16.2 Å². The Bertz CT molecular complexity index is 1370. The first kappa shape index (κ1) is 24.5. The Balaban J connectivity index is 1.70. The zero-order valence-electron chi connectivity index (χ0n) is 18.0. The highest BCUT2D eigenvalue weighted by Gasteiger charge is 2.27. The van der Waals surface area contributed by atoms with Crippen LogP contribution in [-0.2, 0) is 20.8 Å². The van der Waals surface area contributed by atoms with E-state index in [1.165, 1.54) is 18.2 Å². The molecule has 2 heterocycles. The van der Waals surface area contributed by atoms with E-state index < -0.39 is 47.0 Å². The van der Waals surface area contributed by atoms with Crippen LogP contribution in [0.5, 0.6) is 5.75 Å². The summed E-state index contributed by atoms with van der Waals surface area (Å²) >= 11 is 5.82. The molecule has 35 heavy (non-hydrogen) atoms. The van der Waals surface area contributed by atoms with E-state index in [2.05, 4.69) is 4.98 Å². The Kier molecular flexibility index (Phi) is 6.96. The molecule has 0 saturated carbocycles. The number of rotatable bonds is 7. The van der Waals surface area contributed by atoms with E-state index in [0.717, 1.165) is 16.7 Å². The molecule has 2 atom stereocenters. The van der Waals surface area contributed by atoms with Gasteiger partial charge < -0.3 is 25.7 Å². The molecule has 2 aromatic carbocycles. The van der Waals surface area contributed by atoms with Crippen molar-refractivity contribution in [3.8, 4) is 5.75 Å². The van der Waals surface area contributed by atoms with Crippen LogP contribution in [0, 0.1) is 11.6 Å². The molecule has 10 nitrogen and oxygen atoms in total. The van der Waals surface area contributed by atoms with E-state index in [4.69, 9.17) is 37.3 Å². The highest BCUT2D eigenvalue weighted by molar-refractivity contribution is 6.30. The topological polar surface area (TPSA) is 149 Å². The molecular weight excluding hydrogens is 490 g/mol. The summed E-state index contributed by atoms with van der Waals surface area (Å²) in [6.07, 6.45) is -1.56. The van der Waals surface area contributed by atoms with Gasteiger partial charge in [-0.2, -0.15) is 0 Å². The van der Waals surface area contributed by atoms with Crippen molar-refractivity contribution in [3.05, 3.63) is 68.7 Å². The Labute approximate surface area is 201 Å². The summed E-state index contributed by atoms with van der Waals surface area (Å²) in [5, 5.41) is -0.428. The van der Waals surface area contributed by atoms with Crippen molar-refractivity contribution in [2.45, 2.75) is 18.8 Å². The van der Waals surface area contributed by atoms with Crippen LogP contribution >= 0.6 is 11.6 Å². The average molecular weight is 509 g/mol. The molecule has 1 fully saturated rings. The van der Waals surface area contributed by atoms with E-state index in [1.54, 1.807) is 0 Å². The predicted molar refractivity (Wildman–Crippen MR) is 119 cm³/mol. The number of hydrogen-bond donors (Lipinski definition) is 2. The molecule has 1 saturated heterocycles. The second-order valence-corrected chi connectivity index (χ2v) is 8.11. The van der Waals surface area contributed by atoms with Gasteiger partial charge in [0.2, 0.25) is 11.7 Å². The van der Waals surface area contributed by atoms with Crippen LogP contribution in [0.15, 0.2) is 35.1 Å². The van der Waals surface area contributed by atoms with Crippen LogP contribution < -0.4 is 21.8 Å². The molecule has 2 unspecified atom stereocenters. The number of carbonyl (C=O) groups excluding carboxylic acids is 2. The molecule has 4 rings (SSSR count). The number of halogens is 3. The largest absolute Gasteiger partial charge is 0.487 e. The third kappa shape index (κ3) is 5.09. The predicted octanol–water partition coefficient (Wildman–Crippen LogP) is 1.12. The molecular formula is C22H19ClF2N4O6. The third-order valence-corrected chi connectivity index (χ3v) is 5.56. The molecule has 184 valence electrons. The number of primary amides is 2. The minimum absolute atomic E-state index is 0.0248. The lowest BCUT2D eigenvalue weighted by Crippen LogP contribution is -2.45. The first-order valence-corrected chi connectivity index (χ1v) is 10.7. The smallest absolute Gasteiger partial charge is 0.284 e. The molecule has 0 spiro atoms. The van der Waals surface area contributed by atoms with Crippen molar-refractivity contribution < 1.29 is 32.6 Å². The van der Waals surface area contributed by atoms with Crippen LogP contribution in [-0.4, -0.2) is 53.4 Å². The normalized spacial score (nSPS) is 17.9. The Morgan fingerprint density at radius 3 is 2.51 bits per heavy atom. The van der Waals surface area contributed by atoms with E-state index in [9.17, 15) is 23.2 Å². The summed E-state index contributed by atoms with van der Waals surface area (Å²) in [5.41, 5.74) is 10.1. The maximum atomic E-state index is 14.8. The lowest BCUT2D eigenvalue weighted by Gasteiger charge is -2.27. The summed E-state index contributed by atoms with van der Waals surface area (Å²) in [5.74, 6) is -4.00. The number of benzene rings is 2.